The topological polar surface area (TPSA) is 184 Å². The van der Waals surface area contributed by atoms with Gasteiger partial charge in [0.05, 0.1) is 22.0 Å². The maximum atomic E-state index is 11.4. The molecule has 0 radical (unpaired) electrons. The number of benzene rings is 1. The summed E-state index contributed by atoms with van der Waals surface area (Å²) in [4.78, 5) is 20.0. The summed E-state index contributed by atoms with van der Waals surface area (Å²) in [6.07, 6.45) is 3.07. The Morgan fingerprint density at radius 3 is 2.43 bits per heavy atom. The fourth-order valence-electron chi connectivity index (χ4n) is 2.19. The predicted molar refractivity (Wildman–Crippen MR) is 80.2 cm³/mol. The molecule has 1 aliphatic rings. The van der Waals surface area contributed by atoms with Crippen LogP contribution in [0.15, 0.2) is 39.4 Å². The second kappa shape index (κ2) is 6.02. The Bertz CT molecular complexity index is 845. The van der Waals surface area contributed by atoms with Crippen molar-refractivity contribution < 1.29 is 18.1 Å². The van der Waals surface area contributed by atoms with E-state index in [9.17, 15) is 27.9 Å². The lowest BCUT2D eigenvalue weighted by molar-refractivity contribution is 0.466. The molecule has 0 spiro atoms. The maximum Gasteiger partial charge on any atom is 0.296 e. The lowest BCUT2D eigenvalue weighted by Gasteiger charge is -2.16. The molecule has 0 atom stereocenters. The Labute approximate surface area is 129 Å². The zero-order valence-electron chi connectivity index (χ0n) is 11.3. The van der Waals surface area contributed by atoms with E-state index in [2.05, 4.69) is 16.0 Å². The van der Waals surface area contributed by atoms with Crippen LogP contribution in [0.4, 0.5) is 5.69 Å². The van der Waals surface area contributed by atoms with Gasteiger partial charge in [0.25, 0.3) is 10.1 Å². The Morgan fingerprint density at radius 1 is 1.22 bits per heavy atom. The van der Waals surface area contributed by atoms with E-state index < -0.39 is 26.5 Å². The third kappa shape index (κ3) is 2.97. The number of allylic oxidation sites excluding steroid dienone is 2. The summed E-state index contributed by atoms with van der Waals surface area (Å²) in [7, 11) is -4.75. The molecule has 1 aliphatic carbocycles. The first kappa shape index (κ1) is 16.4. The lowest BCUT2D eigenvalue weighted by Crippen LogP contribution is -2.12. The minimum atomic E-state index is -4.75. The number of phenols is 1. The van der Waals surface area contributed by atoms with E-state index in [-0.39, 0.29) is 28.9 Å². The molecule has 23 heavy (non-hydrogen) atoms. The van der Waals surface area contributed by atoms with Gasteiger partial charge in [-0.15, -0.1) is 9.81 Å². The Kier molecular flexibility index (Phi) is 4.29. The molecular weight excluding hydrogens is 330 g/mol. The van der Waals surface area contributed by atoms with Crippen LogP contribution in [-0.2, 0) is 16.5 Å². The smallest absolute Gasteiger partial charge is 0.296 e. The third-order valence-electron chi connectivity index (χ3n) is 3.13. The first-order valence-corrected chi connectivity index (χ1v) is 7.45. The van der Waals surface area contributed by atoms with Gasteiger partial charge in [0.1, 0.15) is 10.6 Å². The van der Waals surface area contributed by atoms with Crippen molar-refractivity contribution >= 4 is 21.5 Å². The molecule has 6 N–H and O–H groups in total. The molecular formula is C11H11N5O6S. The number of nitroso groups, excluding NO2 is 2. The summed E-state index contributed by atoms with van der Waals surface area (Å²) in [5, 5.41) is 15.1. The van der Waals surface area contributed by atoms with Gasteiger partial charge < -0.3 is 10.8 Å². The highest BCUT2D eigenvalue weighted by molar-refractivity contribution is 7.86. The Balaban J connectivity index is 2.85. The molecule has 0 aliphatic heterocycles. The van der Waals surface area contributed by atoms with Crippen LogP contribution in [0.25, 0.3) is 5.70 Å². The van der Waals surface area contributed by atoms with Gasteiger partial charge >= 0.3 is 0 Å². The quantitative estimate of drug-likeness (QED) is 0.223. The molecule has 0 saturated heterocycles. The molecule has 122 valence electrons. The van der Waals surface area contributed by atoms with Crippen molar-refractivity contribution in [1.29, 1.82) is 0 Å². The van der Waals surface area contributed by atoms with E-state index in [1.807, 2.05) is 0 Å². The summed E-state index contributed by atoms with van der Waals surface area (Å²) in [5.74, 6) is -0.721. The number of nitrogens with zero attached hydrogens (tertiary/aromatic N) is 2. The van der Waals surface area contributed by atoms with Crippen LogP contribution in [-0.4, -0.2) is 18.1 Å². The van der Waals surface area contributed by atoms with Crippen molar-refractivity contribution in [2.75, 3.05) is 5.43 Å². The summed E-state index contributed by atoms with van der Waals surface area (Å²) in [6.45, 7) is 0. The maximum absolute atomic E-state index is 11.4. The fraction of sp³-hybridized carbons (Fsp3) is 0.0909. The fourth-order valence-corrected chi connectivity index (χ4v) is 2.88. The van der Waals surface area contributed by atoms with Crippen LogP contribution in [0.5, 0.6) is 5.75 Å². The van der Waals surface area contributed by atoms with E-state index in [1.54, 1.807) is 5.43 Å². The zero-order valence-corrected chi connectivity index (χ0v) is 12.2. The van der Waals surface area contributed by atoms with Gasteiger partial charge in [0, 0.05) is 5.56 Å². The molecule has 0 heterocycles. The highest BCUT2D eigenvalue weighted by Gasteiger charge is 2.27. The SMILES string of the molecule is NC1=C(NN=O)C=CCc2cc(S(=O)(=O)O)c(NN=O)c(O)c21. The van der Waals surface area contributed by atoms with Crippen molar-refractivity contribution in [1.82, 2.24) is 5.43 Å². The molecule has 0 aromatic heterocycles. The van der Waals surface area contributed by atoms with Gasteiger partial charge in [0.2, 0.25) is 0 Å². The monoisotopic (exact) mass is 341 g/mol. The number of fused-ring (bicyclic) bond motifs is 1. The van der Waals surface area contributed by atoms with E-state index >= 15 is 0 Å². The first-order valence-electron chi connectivity index (χ1n) is 6.01. The molecule has 11 nitrogen and oxygen atoms in total. The van der Waals surface area contributed by atoms with E-state index in [4.69, 9.17) is 5.73 Å². The third-order valence-corrected chi connectivity index (χ3v) is 4.01. The molecule has 0 saturated carbocycles. The average molecular weight is 341 g/mol. The standard InChI is InChI=1S/C11H11N5O6S/c12-9-6(13-15-18)3-1-2-5-4-7(23(20,21)22)10(14-16-19)11(17)8(5)9/h1,3-4,17H,2,12H2,(H,13,18)(H,14,19)(H,20,21,22). The van der Waals surface area contributed by atoms with Crippen LogP contribution >= 0.6 is 0 Å². The number of hydrogen-bond donors (Lipinski definition) is 5. The van der Waals surface area contributed by atoms with Crippen LogP contribution in [0.2, 0.25) is 0 Å². The summed E-state index contributed by atoms with van der Waals surface area (Å²) in [6, 6.07) is 1.03. The van der Waals surface area contributed by atoms with Crippen molar-refractivity contribution in [2.45, 2.75) is 11.3 Å². The molecule has 0 bridgehead atoms. The van der Waals surface area contributed by atoms with Crippen molar-refractivity contribution in [3.63, 3.8) is 0 Å². The molecule has 0 fully saturated rings. The van der Waals surface area contributed by atoms with E-state index in [0.29, 0.717) is 0 Å². The van der Waals surface area contributed by atoms with Gasteiger partial charge in [-0.05, 0) is 24.1 Å². The second-order valence-electron chi connectivity index (χ2n) is 4.45. The summed E-state index contributed by atoms with van der Waals surface area (Å²) >= 11 is 0. The number of nitrogens with two attached hydrogens (primary N) is 1. The van der Waals surface area contributed by atoms with Crippen LogP contribution in [0.1, 0.15) is 11.1 Å². The van der Waals surface area contributed by atoms with Crippen molar-refractivity contribution in [3.8, 4) is 5.75 Å². The molecule has 1 aromatic carbocycles. The van der Waals surface area contributed by atoms with Crippen LogP contribution in [0.3, 0.4) is 0 Å². The second-order valence-corrected chi connectivity index (χ2v) is 5.84. The summed E-state index contributed by atoms with van der Waals surface area (Å²) < 4.78 is 32.1. The largest absolute Gasteiger partial charge is 0.505 e. The first-order chi connectivity index (χ1) is 10.8. The zero-order chi connectivity index (χ0) is 17.2. The highest BCUT2D eigenvalue weighted by Crippen LogP contribution is 2.41. The van der Waals surface area contributed by atoms with Crippen molar-refractivity contribution in [3.05, 3.63) is 44.9 Å². The van der Waals surface area contributed by atoms with Crippen LogP contribution < -0.4 is 16.6 Å². The van der Waals surface area contributed by atoms with E-state index in [1.165, 1.54) is 12.2 Å². The van der Waals surface area contributed by atoms with Gasteiger partial charge in [-0.25, -0.2) is 10.9 Å². The van der Waals surface area contributed by atoms with Gasteiger partial charge in [-0.2, -0.15) is 8.42 Å². The Morgan fingerprint density at radius 2 is 1.87 bits per heavy atom. The number of anilines is 1. The lowest BCUT2D eigenvalue weighted by atomic mass is 10.0. The number of rotatable bonds is 5. The van der Waals surface area contributed by atoms with Gasteiger partial charge in [-0.3, -0.25) is 4.55 Å². The molecule has 2 rings (SSSR count). The molecule has 0 amide bonds. The van der Waals surface area contributed by atoms with Crippen molar-refractivity contribution in [2.24, 2.45) is 16.3 Å². The predicted octanol–water partition coefficient (Wildman–Crippen LogP) is 0.743. The Hall–Kier alpha value is -2.99. The minimum Gasteiger partial charge on any atom is -0.505 e. The number of phenolic OH excluding ortho intramolecular Hbond substituents is 1. The number of hydrogen-bond acceptors (Lipinski definition) is 8. The van der Waals surface area contributed by atoms with Gasteiger partial charge in [0.15, 0.2) is 5.75 Å². The van der Waals surface area contributed by atoms with Gasteiger partial charge in [-0.1, -0.05) is 6.08 Å². The molecule has 12 heteroatoms. The molecule has 0 unspecified atom stereocenters. The normalized spacial score (nSPS) is 14.0. The molecule has 1 aromatic rings. The average Bonchev–Trinajstić information content (AvgIpc) is 2.61. The summed E-state index contributed by atoms with van der Waals surface area (Å²) in [5.41, 5.74) is 9.25. The van der Waals surface area contributed by atoms with E-state index in [0.717, 1.165) is 6.07 Å². The number of aromatic hydroxyl groups is 1. The highest BCUT2D eigenvalue weighted by atomic mass is 32.2. The number of nitrogens with one attached hydrogen (secondary N) is 2. The minimum absolute atomic E-state index is 0.0281. The van der Waals surface area contributed by atoms with Crippen LogP contribution in [0, 0.1) is 9.81 Å².